The van der Waals surface area contributed by atoms with E-state index in [0.717, 1.165) is 56.4 Å². The Morgan fingerprint density at radius 1 is 1.33 bits per heavy atom. The van der Waals surface area contributed by atoms with Crippen LogP contribution in [-0.2, 0) is 23.3 Å². The lowest BCUT2D eigenvalue weighted by Crippen LogP contribution is -2.60. The van der Waals surface area contributed by atoms with E-state index >= 15 is 0 Å². The van der Waals surface area contributed by atoms with Gasteiger partial charge in [0.25, 0.3) is 0 Å². The normalized spacial score (nSPS) is 34.1. The lowest BCUT2D eigenvalue weighted by molar-refractivity contribution is -0.156. The molecule has 0 saturated heterocycles. The predicted octanol–water partition coefficient (Wildman–Crippen LogP) is 2.83. The maximum Gasteiger partial charge on any atom is 0.226 e. The van der Waals surface area contributed by atoms with Crippen LogP contribution in [0.1, 0.15) is 63.3 Å². The second-order valence-corrected chi connectivity index (χ2v) is 9.02. The highest BCUT2D eigenvalue weighted by molar-refractivity contribution is 5.83. The Hall–Kier alpha value is -2.18. The second kappa shape index (κ2) is 6.17. The zero-order chi connectivity index (χ0) is 18.5. The summed E-state index contributed by atoms with van der Waals surface area (Å²) in [5.41, 5.74) is 0.655. The molecule has 1 amide bonds. The molecule has 2 aromatic rings. The highest BCUT2D eigenvalue weighted by atomic mass is 16.5. The fourth-order valence-electron chi connectivity index (χ4n) is 6.37. The molecule has 4 aliphatic carbocycles. The van der Waals surface area contributed by atoms with Gasteiger partial charge < -0.3 is 9.84 Å². The molecule has 2 aromatic heterocycles. The molecule has 1 N–H and O–H groups in total. The summed E-state index contributed by atoms with van der Waals surface area (Å²) in [4.78, 5) is 17.5. The molecule has 2 heterocycles. The van der Waals surface area contributed by atoms with Gasteiger partial charge in [-0.05, 0) is 56.8 Å². The van der Waals surface area contributed by atoms with Gasteiger partial charge in [-0.25, -0.2) is 9.67 Å². The van der Waals surface area contributed by atoms with Crippen LogP contribution >= 0.6 is 0 Å². The summed E-state index contributed by atoms with van der Waals surface area (Å²) in [6.45, 7) is 2.54. The molecular weight excluding hydrogens is 342 g/mol. The van der Waals surface area contributed by atoms with Gasteiger partial charge in [-0.1, -0.05) is 18.5 Å². The van der Waals surface area contributed by atoms with Gasteiger partial charge in [0.05, 0.1) is 23.2 Å². The van der Waals surface area contributed by atoms with Crippen molar-refractivity contribution >= 4 is 5.91 Å². The molecule has 4 fully saturated rings. The molecule has 27 heavy (non-hydrogen) atoms. The van der Waals surface area contributed by atoms with E-state index in [1.165, 1.54) is 6.42 Å². The predicted molar refractivity (Wildman–Crippen MR) is 97.5 cm³/mol. The van der Waals surface area contributed by atoms with Gasteiger partial charge in [-0.3, -0.25) is 4.79 Å². The molecular formula is C20H27N5O2. The average Bonchev–Trinajstić information content (AvgIpc) is 3.31. The summed E-state index contributed by atoms with van der Waals surface area (Å²) in [5.74, 6) is 2.14. The van der Waals surface area contributed by atoms with Crippen LogP contribution in [0.5, 0.6) is 0 Å². The largest absolute Gasteiger partial charge is 0.359 e. The van der Waals surface area contributed by atoms with Crippen LogP contribution in [0, 0.1) is 17.3 Å². The summed E-state index contributed by atoms with van der Waals surface area (Å²) in [7, 11) is 0. The summed E-state index contributed by atoms with van der Waals surface area (Å²) in [6.07, 6.45) is 11.8. The third kappa shape index (κ3) is 2.78. The van der Waals surface area contributed by atoms with Crippen molar-refractivity contribution in [1.29, 1.82) is 0 Å². The fraction of sp³-hybridized carbons (Fsp3) is 0.700. The van der Waals surface area contributed by atoms with Crippen LogP contribution in [0.15, 0.2) is 23.2 Å². The lowest BCUT2D eigenvalue weighted by atomic mass is 9.46. The topological polar surface area (TPSA) is 85.8 Å². The standard InChI is InChI=1S/C20H27N5O2/c1-2-3-16-5-17(27-24-16)10-22-18(26)19-6-14-4-15(7-19)9-20(8-14,11-19)25-13-21-12-23-25/h5,12-15H,2-4,6-11H2,1H3,(H,22,26). The number of carbonyl (C=O) groups is 1. The lowest BCUT2D eigenvalue weighted by Gasteiger charge is -2.60. The Labute approximate surface area is 158 Å². The Morgan fingerprint density at radius 3 is 2.85 bits per heavy atom. The molecule has 7 nitrogen and oxygen atoms in total. The molecule has 0 radical (unpaired) electrons. The van der Waals surface area contributed by atoms with Crippen molar-refractivity contribution in [2.24, 2.45) is 17.3 Å². The molecule has 2 atom stereocenters. The molecule has 4 bridgehead atoms. The number of nitrogens with zero attached hydrogens (tertiary/aromatic N) is 4. The van der Waals surface area contributed by atoms with Crippen LogP contribution in [0.2, 0.25) is 0 Å². The average molecular weight is 369 g/mol. The van der Waals surface area contributed by atoms with Crippen LogP contribution in [0.3, 0.4) is 0 Å². The van der Waals surface area contributed by atoms with Gasteiger partial charge >= 0.3 is 0 Å². The SMILES string of the molecule is CCCc1cc(CNC(=O)C23CC4CC(C2)CC(n2cncn2)(C4)C3)on1. The summed E-state index contributed by atoms with van der Waals surface area (Å²) < 4.78 is 7.42. The van der Waals surface area contributed by atoms with E-state index in [0.29, 0.717) is 18.4 Å². The number of aromatic nitrogens is 4. The highest BCUT2D eigenvalue weighted by Crippen LogP contribution is 2.64. The van der Waals surface area contributed by atoms with Gasteiger partial charge in [0.15, 0.2) is 5.76 Å². The molecule has 6 rings (SSSR count). The zero-order valence-corrected chi connectivity index (χ0v) is 15.9. The second-order valence-electron chi connectivity index (χ2n) is 9.02. The molecule has 0 aromatic carbocycles. The molecule has 0 aliphatic heterocycles. The molecule has 144 valence electrons. The Kier molecular flexibility index (Phi) is 3.88. The van der Waals surface area contributed by atoms with E-state index in [-0.39, 0.29) is 16.9 Å². The molecule has 2 unspecified atom stereocenters. The first-order chi connectivity index (χ1) is 13.1. The zero-order valence-electron chi connectivity index (χ0n) is 15.9. The molecule has 7 heteroatoms. The number of hydrogen-bond acceptors (Lipinski definition) is 5. The summed E-state index contributed by atoms with van der Waals surface area (Å²) >= 11 is 0. The van der Waals surface area contributed by atoms with E-state index < -0.39 is 0 Å². The Morgan fingerprint density at radius 2 is 2.15 bits per heavy atom. The quantitative estimate of drug-likeness (QED) is 0.846. The van der Waals surface area contributed by atoms with Gasteiger partial charge in [-0.2, -0.15) is 5.10 Å². The Balaban J connectivity index is 1.33. The number of amides is 1. The van der Waals surface area contributed by atoms with E-state index in [9.17, 15) is 4.79 Å². The van der Waals surface area contributed by atoms with Crippen LogP contribution in [0.25, 0.3) is 0 Å². The van der Waals surface area contributed by atoms with E-state index in [1.807, 2.05) is 17.1 Å². The molecule has 0 spiro atoms. The number of nitrogens with one attached hydrogen (secondary N) is 1. The third-order valence-corrected chi connectivity index (χ3v) is 6.95. The van der Waals surface area contributed by atoms with Crippen LogP contribution < -0.4 is 5.32 Å². The maximum atomic E-state index is 13.3. The first-order valence-corrected chi connectivity index (χ1v) is 10.2. The minimum absolute atomic E-state index is 0.0293. The van der Waals surface area contributed by atoms with Crippen molar-refractivity contribution in [2.75, 3.05) is 0 Å². The number of aryl methyl sites for hydroxylation is 1. The number of rotatable bonds is 6. The third-order valence-electron chi connectivity index (χ3n) is 6.95. The maximum absolute atomic E-state index is 13.3. The monoisotopic (exact) mass is 369 g/mol. The minimum Gasteiger partial charge on any atom is -0.359 e. The first kappa shape index (κ1) is 17.0. The smallest absolute Gasteiger partial charge is 0.226 e. The first-order valence-electron chi connectivity index (χ1n) is 10.2. The van der Waals surface area contributed by atoms with Crippen LogP contribution in [0.4, 0.5) is 0 Å². The van der Waals surface area contributed by atoms with E-state index in [2.05, 4.69) is 27.5 Å². The summed E-state index contributed by atoms with van der Waals surface area (Å²) in [6, 6.07) is 1.96. The Bertz CT molecular complexity index is 813. The van der Waals surface area contributed by atoms with Crippen molar-refractivity contribution < 1.29 is 9.32 Å². The number of carbonyl (C=O) groups excluding carboxylic acids is 1. The number of hydrogen-bond donors (Lipinski definition) is 1. The van der Waals surface area contributed by atoms with Crippen molar-refractivity contribution in [2.45, 2.75) is 70.4 Å². The van der Waals surface area contributed by atoms with Crippen LogP contribution in [-0.4, -0.2) is 25.8 Å². The van der Waals surface area contributed by atoms with Crippen molar-refractivity contribution in [3.05, 3.63) is 30.2 Å². The van der Waals surface area contributed by atoms with Crippen molar-refractivity contribution in [1.82, 2.24) is 25.2 Å². The summed E-state index contributed by atoms with van der Waals surface area (Å²) in [5, 5.41) is 11.7. The fourth-order valence-corrected chi connectivity index (χ4v) is 6.37. The molecule has 4 aliphatic rings. The highest BCUT2D eigenvalue weighted by Gasteiger charge is 2.61. The van der Waals surface area contributed by atoms with Gasteiger partial charge in [0, 0.05) is 6.07 Å². The van der Waals surface area contributed by atoms with Crippen molar-refractivity contribution in [3.8, 4) is 0 Å². The van der Waals surface area contributed by atoms with Gasteiger partial charge in [-0.15, -0.1) is 0 Å². The van der Waals surface area contributed by atoms with E-state index in [1.54, 1.807) is 6.33 Å². The molecule has 4 saturated carbocycles. The van der Waals surface area contributed by atoms with Gasteiger partial charge in [0.1, 0.15) is 12.7 Å². The van der Waals surface area contributed by atoms with Crippen molar-refractivity contribution in [3.63, 3.8) is 0 Å². The van der Waals surface area contributed by atoms with E-state index in [4.69, 9.17) is 4.52 Å². The minimum atomic E-state index is -0.275. The van der Waals surface area contributed by atoms with Gasteiger partial charge in [0.2, 0.25) is 5.91 Å².